The molecule has 0 aliphatic carbocycles. The molecule has 1 aliphatic heterocycles. The first-order valence-electron chi connectivity index (χ1n) is 7.98. The van der Waals surface area contributed by atoms with Crippen molar-refractivity contribution in [3.8, 4) is 5.75 Å². The van der Waals surface area contributed by atoms with Crippen LogP contribution in [0.4, 0.5) is 5.95 Å². The Labute approximate surface area is 159 Å². The fraction of sp³-hybridized carbons (Fsp3) is 0.250. The quantitative estimate of drug-likeness (QED) is 0.341. The molecule has 1 fully saturated rings. The number of nitro groups is 1. The summed E-state index contributed by atoms with van der Waals surface area (Å²) >= 11 is 5.14. The molecule has 1 N–H and O–H groups in total. The van der Waals surface area contributed by atoms with Gasteiger partial charge in [0.1, 0.15) is 11.4 Å². The van der Waals surface area contributed by atoms with Crippen LogP contribution >= 0.6 is 12.2 Å². The third-order valence-electron chi connectivity index (χ3n) is 3.91. The molecule has 0 unspecified atom stereocenters. The molecule has 2 heterocycles. The zero-order chi connectivity index (χ0) is 19.6. The molecule has 1 aromatic heterocycles. The highest BCUT2D eigenvalue weighted by Gasteiger charge is 2.29. The molecule has 27 heavy (non-hydrogen) atoms. The number of ether oxygens (including phenoxy) is 1. The van der Waals surface area contributed by atoms with E-state index in [2.05, 4.69) is 15.4 Å². The lowest BCUT2D eigenvalue weighted by atomic mass is 10.1. The van der Waals surface area contributed by atoms with Crippen LogP contribution in [0.25, 0.3) is 6.08 Å². The van der Waals surface area contributed by atoms with Gasteiger partial charge in [-0.15, -0.1) is 0 Å². The van der Waals surface area contributed by atoms with E-state index in [1.807, 2.05) is 13.0 Å². The summed E-state index contributed by atoms with van der Waals surface area (Å²) < 4.78 is 6.69. The van der Waals surface area contributed by atoms with Crippen LogP contribution in [0.3, 0.4) is 0 Å². The highest BCUT2D eigenvalue weighted by molar-refractivity contribution is 7.80. The molecule has 0 spiro atoms. The number of rotatable bonds is 6. The first kappa shape index (κ1) is 18.5. The van der Waals surface area contributed by atoms with Crippen LogP contribution in [0.15, 0.2) is 30.2 Å². The van der Waals surface area contributed by atoms with Crippen molar-refractivity contribution in [1.82, 2.24) is 25.0 Å². The fourth-order valence-electron chi connectivity index (χ4n) is 2.66. The van der Waals surface area contributed by atoms with Crippen LogP contribution in [0.5, 0.6) is 5.75 Å². The predicted octanol–water partition coefficient (Wildman–Crippen LogP) is 1.32. The van der Waals surface area contributed by atoms with Crippen LogP contribution in [-0.2, 0) is 11.3 Å². The van der Waals surface area contributed by atoms with E-state index in [-0.39, 0.29) is 12.5 Å². The summed E-state index contributed by atoms with van der Waals surface area (Å²) in [5, 5.41) is 17.8. The Morgan fingerprint density at radius 3 is 2.81 bits per heavy atom. The maximum absolute atomic E-state index is 12.3. The van der Waals surface area contributed by atoms with Crippen LogP contribution in [0, 0.1) is 10.1 Å². The van der Waals surface area contributed by atoms with Crippen molar-refractivity contribution in [2.75, 3.05) is 13.7 Å². The minimum atomic E-state index is -0.658. The number of hydrogen-bond donors (Lipinski definition) is 1. The second-order valence-electron chi connectivity index (χ2n) is 5.61. The first-order chi connectivity index (χ1) is 12.9. The van der Waals surface area contributed by atoms with Gasteiger partial charge in [-0.3, -0.25) is 9.69 Å². The summed E-state index contributed by atoms with van der Waals surface area (Å²) in [5.41, 5.74) is 1.86. The second-order valence-corrected chi connectivity index (χ2v) is 5.99. The SMILES string of the molecule is CCN1C(=O)/C(=C/c2ccc(OC)c(Cn3cnc([N+](=O)[O-])n3)c2)NC1=S. The van der Waals surface area contributed by atoms with Crippen LogP contribution in [-0.4, -0.2) is 49.3 Å². The lowest BCUT2D eigenvalue weighted by molar-refractivity contribution is -0.394. The topological polar surface area (TPSA) is 115 Å². The molecular weight excluding hydrogens is 372 g/mol. The molecule has 0 atom stereocenters. The Morgan fingerprint density at radius 1 is 1.44 bits per heavy atom. The van der Waals surface area contributed by atoms with Gasteiger partial charge in [-0.1, -0.05) is 11.1 Å². The van der Waals surface area contributed by atoms with Crippen molar-refractivity contribution in [2.45, 2.75) is 13.5 Å². The highest BCUT2D eigenvalue weighted by Crippen LogP contribution is 2.23. The maximum Gasteiger partial charge on any atom is 0.490 e. The summed E-state index contributed by atoms with van der Waals surface area (Å²) in [4.78, 5) is 27.5. The Hall–Kier alpha value is -3.34. The Bertz CT molecular complexity index is 954. The van der Waals surface area contributed by atoms with E-state index >= 15 is 0 Å². The van der Waals surface area contributed by atoms with Crippen molar-refractivity contribution < 1.29 is 14.5 Å². The zero-order valence-corrected chi connectivity index (χ0v) is 15.4. The number of aromatic nitrogens is 3. The number of hydrogen-bond acceptors (Lipinski definition) is 7. The van der Waals surface area contributed by atoms with E-state index in [1.54, 1.807) is 18.2 Å². The van der Waals surface area contributed by atoms with E-state index in [9.17, 15) is 14.9 Å². The molecule has 2 aromatic rings. The first-order valence-corrected chi connectivity index (χ1v) is 8.39. The van der Waals surface area contributed by atoms with Gasteiger partial charge >= 0.3 is 5.95 Å². The number of methoxy groups -OCH3 is 1. The molecule has 11 heteroatoms. The third kappa shape index (κ3) is 3.77. The largest absolute Gasteiger partial charge is 0.496 e. The maximum atomic E-state index is 12.3. The number of carbonyl (C=O) groups is 1. The standard InChI is InChI=1S/C16H16N6O4S/c1-3-21-14(23)12(18-16(21)27)7-10-4-5-13(26-2)11(6-10)8-20-9-17-15(19-20)22(24)25/h4-7,9H,3,8H2,1-2H3,(H,18,27)/b12-7-. The lowest BCUT2D eigenvalue weighted by Gasteiger charge is -2.09. The number of nitrogens with zero attached hydrogens (tertiary/aromatic N) is 5. The molecule has 0 saturated carbocycles. The van der Waals surface area contributed by atoms with E-state index < -0.39 is 10.9 Å². The Kier molecular flexibility index (Phi) is 5.12. The van der Waals surface area contributed by atoms with Gasteiger partial charge in [-0.25, -0.2) is 0 Å². The second kappa shape index (κ2) is 7.50. The zero-order valence-electron chi connectivity index (χ0n) is 14.6. The number of nitrogens with one attached hydrogen (secondary N) is 1. The van der Waals surface area contributed by atoms with Crippen LogP contribution < -0.4 is 10.1 Å². The molecule has 0 radical (unpaired) electrons. The third-order valence-corrected chi connectivity index (χ3v) is 4.24. The fourth-order valence-corrected chi connectivity index (χ4v) is 2.98. The highest BCUT2D eigenvalue weighted by atomic mass is 32.1. The number of carbonyl (C=O) groups excluding carboxylic acids is 1. The minimum Gasteiger partial charge on any atom is -0.496 e. The average Bonchev–Trinajstić information content (AvgIpc) is 3.20. The monoisotopic (exact) mass is 388 g/mol. The average molecular weight is 388 g/mol. The summed E-state index contributed by atoms with van der Waals surface area (Å²) in [5.74, 6) is -0.0698. The summed E-state index contributed by atoms with van der Waals surface area (Å²) in [6.07, 6.45) is 2.97. The van der Waals surface area contributed by atoms with Crippen molar-refractivity contribution in [3.63, 3.8) is 0 Å². The molecule has 1 aliphatic rings. The number of benzene rings is 1. The Morgan fingerprint density at radius 2 is 2.22 bits per heavy atom. The molecule has 1 aromatic carbocycles. The molecule has 140 valence electrons. The van der Waals surface area contributed by atoms with Gasteiger partial charge in [0.25, 0.3) is 5.91 Å². The molecule has 1 amide bonds. The predicted molar refractivity (Wildman–Crippen MR) is 99.9 cm³/mol. The number of amides is 1. The lowest BCUT2D eigenvalue weighted by Crippen LogP contribution is -2.30. The van der Waals surface area contributed by atoms with Gasteiger partial charge in [0, 0.05) is 17.2 Å². The van der Waals surface area contributed by atoms with E-state index in [4.69, 9.17) is 17.0 Å². The molecule has 1 saturated heterocycles. The smallest absolute Gasteiger partial charge is 0.490 e. The normalized spacial score (nSPS) is 15.3. The minimum absolute atomic E-state index is 0.188. The van der Waals surface area contributed by atoms with Gasteiger partial charge < -0.3 is 20.2 Å². The van der Waals surface area contributed by atoms with Gasteiger partial charge in [-0.05, 0) is 47.8 Å². The van der Waals surface area contributed by atoms with Crippen molar-refractivity contribution in [2.24, 2.45) is 0 Å². The number of likely N-dealkylation sites (N-methyl/N-ethyl adjacent to an activating group) is 1. The van der Waals surface area contributed by atoms with Crippen LogP contribution in [0.1, 0.15) is 18.1 Å². The van der Waals surface area contributed by atoms with Crippen molar-refractivity contribution in [1.29, 1.82) is 0 Å². The van der Waals surface area contributed by atoms with Gasteiger partial charge in [0.05, 0.1) is 13.7 Å². The summed E-state index contributed by atoms with van der Waals surface area (Å²) in [7, 11) is 1.53. The molecule has 10 nitrogen and oxygen atoms in total. The summed E-state index contributed by atoms with van der Waals surface area (Å²) in [6, 6.07) is 5.36. The van der Waals surface area contributed by atoms with E-state index in [0.717, 1.165) is 11.1 Å². The molecule has 0 bridgehead atoms. The number of thiocarbonyl (C=S) groups is 1. The van der Waals surface area contributed by atoms with E-state index in [0.29, 0.717) is 23.1 Å². The van der Waals surface area contributed by atoms with Crippen LogP contribution in [0.2, 0.25) is 0 Å². The van der Waals surface area contributed by atoms with Crippen molar-refractivity contribution >= 4 is 35.3 Å². The van der Waals surface area contributed by atoms with Gasteiger partial charge in [0.15, 0.2) is 5.11 Å². The Balaban J connectivity index is 1.89. The summed E-state index contributed by atoms with van der Waals surface area (Å²) in [6.45, 7) is 2.56. The van der Waals surface area contributed by atoms with E-state index in [1.165, 1.54) is 23.0 Å². The van der Waals surface area contributed by atoms with Gasteiger partial charge in [-0.2, -0.15) is 4.68 Å². The van der Waals surface area contributed by atoms with Crippen molar-refractivity contribution in [3.05, 3.63) is 51.5 Å². The molecule has 3 rings (SSSR count). The molecular formula is C16H16N6O4S. The van der Waals surface area contributed by atoms with Gasteiger partial charge in [0.2, 0.25) is 6.33 Å².